The van der Waals surface area contributed by atoms with E-state index in [1.807, 2.05) is 11.4 Å². The first-order chi connectivity index (χ1) is 6.86. The van der Waals surface area contributed by atoms with Crippen molar-refractivity contribution in [3.63, 3.8) is 0 Å². The summed E-state index contributed by atoms with van der Waals surface area (Å²) in [6.07, 6.45) is 1.55. The molecule has 0 aliphatic carbocycles. The van der Waals surface area contributed by atoms with E-state index in [4.69, 9.17) is 9.15 Å². The van der Waals surface area contributed by atoms with E-state index < -0.39 is 0 Å². The first-order valence-electron chi connectivity index (χ1n) is 4.09. The van der Waals surface area contributed by atoms with Gasteiger partial charge in [-0.1, -0.05) is 6.07 Å². The van der Waals surface area contributed by atoms with Crippen LogP contribution in [0, 0.1) is 0 Å². The van der Waals surface area contributed by atoms with Crippen LogP contribution in [0.15, 0.2) is 40.3 Å². The number of rotatable bonds is 3. The van der Waals surface area contributed by atoms with Gasteiger partial charge in [-0.25, -0.2) is 4.79 Å². The second-order valence-electron chi connectivity index (χ2n) is 2.63. The first-order valence-corrected chi connectivity index (χ1v) is 4.97. The Balaban J connectivity index is 1.90. The second-order valence-corrected chi connectivity index (χ2v) is 3.58. The highest BCUT2D eigenvalue weighted by Gasteiger charge is 2.08. The maximum absolute atomic E-state index is 11.3. The van der Waals surface area contributed by atoms with Crippen molar-refractivity contribution >= 4 is 17.3 Å². The van der Waals surface area contributed by atoms with Crippen molar-refractivity contribution in [1.82, 2.24) is 0 Å². The van der Waals surface area contributed by atoms with Gasteiger partial charge in [-0.2, -0.15) is 0 Å². The van der Waals surface area contributed by atoms with Gasteiger partial charge in [0.05, 0.1) is 6.26 Å². The lowest BCUT2D eigenvalue weighted by atomic mass is 10.4. The summed E-state index contributed by atoms with van der Waals surface area (Å²) < 4.78 is 10.0. The molecule has 0 aliphatic rings. The van der Waals surface area contributed by atoms with Crippen LogP contribution >= 0.6 is 11.3 Å². The molecule has 0 atom stereocenters. The minimum Gasteiger partial charge on any atom is -0.466 e. The Hall–Kier alpha value is -1.55. The van der Waals surface area contributed by atoms with Crippen molar-refractivity contribution < 1.29 is 13.9 Å². The van der Waals surface area contributed by atoms with Gasteiger partial charge in [0.15, 0.2) is 0 Å². The minimum atomic E-state index is -0.309. The number of hydrogen-bond acceptors (Lipinski definition) is 4. The molecule has 2 aromatic heterocycles. The minimum absolute atomic E-state index is 0.184. The van der Waals surface area contributed by atoms with Crippen LogP contribution in [0.4, 0.5) is 0 Å². The van der Waals surface area contributed by atoms with Gasteiger partial charge in [-0.05, 0) is 23.6 Å². The number of thiophene rings is 1. The molecule has 0 aromatic carbocycles. The van der Waals surface area contributed by atoms with Crippen LogP contribution in [0.25, 0.3) is 0 Å². The van der Waals surface area contributed by atoms with Gasteiger partial charge in [-0.3, -0.25) is 0 Å². The van der Waals surface area contributed by atoms with E-state index >= 15 is 0 Å². The molecule has 3 nitrogen and oxygen atoms in total. The fourth-order valence-electron chi connectivity index (χ4n) is 0.997. The lowest BCUT2D eigenvalue weighted by Crippen LogP contribution is -2.02. The zero-order valence-corrected chi connectivity index (χ0v) is 8.12. The molecule has 0 fully saturated rings. The van der Waals surface area contributed by atoms with Crippen LogP contribution in [-0.4, -0.2) is 5.97 Å². The summed E-state index contributed by atoms with van der Waals surface area (Å²) >= 11 is 1.36. The van der Waals surface area contributed by atoms with Crippen LogP contribution in [0.5, 0.6) is 0 Å². The number of esters is 1. The van der Waals surface area contributed by atoms with E-state index in [1.165, 1.54) is 11.3 Å². The van der Waals surface area contributed by atoms with Crippen LogP contribution < -0.4 is 0 Å². The molecule has 4 heteroatoms. The maximum atomic E-state index is 11.3. The average molecular weight is 208 g/mol. The van der Waals surface area contributed by atoms with Gasteiger partial charge in [0.1, 0.15) is 17.2 Å². The zero-order chi connectivity index (χ0) is 9.80. The first kappa shape index (κ1) is 9.02. The molecule has 0 unspecified atom stereocenters. The topological polar surface area (TPSA) is 39.4 Å². The van der Waals surface area contributed by atoms with E-state index in [9.17, 15) is 4.79 Å². The number of carbonyl (C=O) groups excluding carboxylic acids is 1. The molecule has 0 N–H and O–H groups in total. The molecule has 0 bridgehead atoms. The molecule has 0 saturated carbocycles. The molecular formula is C10H8O3S. The zero-order valence-electron chi connectivity index (χ0n) is 7.30. The van der Waals surface area contributed by atoms with Crippen molar-refractivity contribution in [3.05, 3.63) is 46.5 Å². The Morgan fingerprint density at radius 3 is 3.00 bits per heavy atom. The summed E-state index contributed by atoms with van der Waals surface area (Å²) in [7, 11) is 0. The lowest BCUT2D eigenvalue weighted by Gasteiger charge is -1.99. The summed E-state index contributed by atoms with van der Waals surface area (Å²) in [5.41, 5.74) is 0. The molecule has 14 heavy (non-hydrogen) atoms. The number of carbonyl (C=O) groups is 1. The molecule has 0 aliphatic heterocycles. The van der Waals surface area contributed by atoms with E-state index in [0.29, 0.717) is 10.6 Å². The smallest absolute Gasteiger partial charge is 0.348 e. The summed E-state index contributed by atoms with van der Waals surface area (Å²) in [6, 6.07) is 7.07. The van der Waals surface area contributed by atoms with Gasteiger partial charge in [0.2, 0.25) is 0 Å². The summed E-state index contributed by atoms with van der Waals surface area (Å²) in [5.74, 6) is 0.339. The fraction of sp³-hybridized carbons (Fsp3) is 0.100. The molecule has 2 rings (SSSR count). The SMILES string of the molecule is O=C(OCc1ccco1)c1cccs1. The molecule has 0 saturated heterocycles. The third-order valence-corrected chi connectivity index (χ3v) is 2.50. The number of ether oxygens (including phenoxy) is 1. The van der Waals surface area contributed by atoms with E-state index in [0.717, 1.165) is 0 Å². The van der Waals surface area contributed by atoms with Crippen molar-refractivity contribution in [2.45, 2.75) is 6.61 Å². The second kappa shape index (κ2) is 4.11. The predicted molar refractivity (Wildman–Crippen MR) is 52.1 cm³/mol. The highest BCUT2D eigenvalue weighted by Crippen LogP contribution is 2.11. The Kier molecular flexibility index (Phi) is 2.65. The predicted octanol–water partition coefficient (Wildman–Crippen LogP) is 2.70. The standard InChI is InChI=1S/C10H8O3S/c11-10(9-4-2-6-14-9)13-7-8-3-1-5-12-8/h1-6H,7H2. The van der Waals surface area contributed by atoms with Crippen molar-refractivity contribution in [2.24, 2.45) is 0 Å². The van der Waals surface area contributed by atoms with Gasteiger partial charge in [0.25, 0.3) is 0 Å². The highest BCUT2D eigenvalue weighted by molar-refractivity contribution is 7.11. The van der Waals surface area contributed by atoms with Gasteiger partial charge >= 0.3 is 5.97 Å². The highest BCUT2D eigenvalue weighted by atomic mass is 32.1. The van der Waals surface area contributed by atoms with Gasteiger partial charge in [0, 0.05) is 0 Å². The molecule has 0 radical (unpaired) electrons. The van der Waals surface area contributed by atoms with E-state index in [1.54, 1.807) is 24.5 Å². The molecule has 0 amide bonds. The van der Waals surface area contributed by atoms with Gasteiger partial charge < -0.3 is 9.15 Å². The van der Waals surface area contributed by atoms with Crippen LogP contribution in [0.2, 0.25) is 0 Å². The number of furan rings is 1. The summed E-state index contributed by atoms with van der Waals surface area (Å²) in [6.45, 7) is 0.184. The monoisotopic (exact) mass is 208 g/mol. The molecule has 72 valence electrons. The Morgan fingerprint density at radius 1 is 1.43 bits per heavy atom. The van der Waals surface area contributed by atoms with E-state index in [2.05, 4.69) is 0 Å². The number of hydrogen-bond donors (Lipinski definition) is 0. The van der Waals surface area contributed by atoms with Crippen molar-refractivity contribution in [1.29, 1.82) is 0 Å². The maximum Gasteiger partial charge on any atom is 0.348 e. The third kappa shape index (κ3) is 2.03. The normalized spacial score (nSPS) is 10.0. The molecule has 0 spiro atoms. The Bertz CT molecular complexity index is 389. The largest absolute Gasteiger partial charge is 0.466 e. The van der Waals surface area contributed by atoms with E-state index in [-0.39, 0.29) is 12.6 Å². The Labute approximate surface area is 84.9 Å². The van der Waals surface area contributed by atoms with Crippen LogP contribution in [0.3, 0.4) is 0 Å². The van der Waals surface area contributed by atoms with Crippen molar-refractivity contribution in [3.8, 4) is 0 Å². The lowest BCUT2D eigenvalue weighted by molar-refractivity contribution is 0.0451. The van der Waals surface area contributed by atoms with Gasteiger partial charge in [-0.15, -0.1) is 11.3 Å². The molecular weight excluding hydrogens is 200 g/mol. The fourth-order valence-corrected chi connectivity index (χ4v) is 1.61. The summed E-state index contributed by atoms with van der Waals surface area (Å²) in [4.78, 5) is 12.0. The quantitative estimate of drug-likeness (QED) is 0.728. The summed E-state index contributed by atoms with van der Waals surface area (Å²) in [5, 5.41) is 1.84. The molecule has 2 heterocycles. The Morgan fingerprint density at radius 2 is 2.36 bits per heavy atom. The third-order valence-electron chi connectivity index (χ3n) is 1.65. The van der Waals surface area contributed by atoms with Crippen LogP contribution in [0.1, 0.15) is 15.4 Å². The van der Waals surface area contributed by atoms with Crippen molar-refractivity contribution in [2.75, 3.05) is 0 Å². The average Bonchev–Trinajstić information content (AvgIpc) is 2.87. The van der Waals surface area contributed by atoms with Crippen LogP contribution in [-0.2, 0) is 11.3 Å². The molecule has 2 aromatic rings.